The second-order valence-corrected chi connectivity index (χ2v) is 22.0. The van der Waals surface area contributed by atoms with Crippen molar-refractivity contribution in [3.8, 4) is 0 Å². The first-order chi connectivity index (χ1) is 38.5. The zero-order chi connectivity index (χ0) is 56.4. The molecule has 0 aromatic heterocycles. The first kappa shape index (κ1) is 74.3. The minimum absolute atomic E-state index is 0.0789. The van der Waals surface area contributed by atoms with Crippen molar-refractivity contribution >= 4 is 17.9 Å². The van der Waals surface area contributed by atoms with E-state index >= 15 is 0 Å². The number of unbranched alkanes of at least 4 members (excludes halogenated alkanes) is 33. The maximum absolute atomic E-state index is 12.9. The normalized spacial score (nSPS) is 12.7. The quantitative estimate of drug-likeness (QED) is 0.0261. The fraction of sp³-hybridized carbons (Fsp3) is 0.736. The van der Waals surface area contributed by atoms with Crippen molar-refractivity contribution in [2.45, 2.75) is 329 Å². The van der Waals surface area contributed by atoms with E-state index in [1.54, 1.807) is 0 Å². The Morgan fingerprint density at radius 3 is 0.808 bits per heavy atom. The topological polar surface area (TPSA) is 78.9 Å². The van der Waals surface area contributed by atoms with Crippen LogP contribution >= 0.6 is 0 Å². The van der Waals surface area contributed by atoms with Crippen LogP contribution in [0.3, 0.4) is 0 Å². The van der Waals surface area contributed by atoms with Gasteiger partial charge in [0, 0.05) is 19.3 Å². The van der Waals surface area contributed by atoms with Crippen molar-refractivity contribution in [3.63, 3.8) is 0 Å². The van der Waals surface area contributed by atoms with Gasteiger partial charge in [-0.2, -0.15) is 0 Å². The van der Waals surface area contributed by atoms with Crippen LogP contribution in [0.2, 0.25) is 0 Å². The molecule has 0 bridgehead atoms. The van der Waals surface area contributed by atoms with Crippen molar-refractivity contribution < 1.29 is 28.6 Å². The zero-order valence-corrected chi connectivity index (χ0v) is 51.4. The number of ether oxygens (including phenoxy) is 3. The molecule has 1 atom stereocenters. The van der Waals surface area contributed by atoms with Crippen molar-refractivity contribution in [2.75, 3.05) is 13.2 Å². The minimum Gasteiger partial charge on any atom is -0.462 e. The first-order valence-electron chi connectivity index (χ1n) is 33.2. The summed E-state index contributed by atoms with van der Waals surface area (Å²) in [5.74, 6) is -0.884. The highest BCUT2D eigenvalue weighted by Gasteiger charge is 2.19. The molecular formula is C72H124O6. The van der Waals surface area contributed by atoms with Crippen molar-refractivity contribution in [3.05, 3.63) is 97.2 Å². The molecule has 0 aliphatic carbocycles. The van der Waals surface area contributed by atoms with E-state index in [2.05, 4.69) is 118 Å². The molecule has 78 heavy (non-hydrogen) atoms. The molecule has 0 heterocycles. The number of esters is 3. The van der Waals surface area contributed by atoms with Gasteiger partial charge < -0.3 is 14.2 Å². The molecule has 0 aromatic carbocycles. The molecule has 0 aliphatic heterocycles. The van der Waals surface area contributed by atoms with Crippen LogP contribution in [-0.2, 0) is 28.6 Å². The summed E-state index contributed by atoms with van der Waals surface area (Å²) in [7, 11) is 0. The maximum Gasteiger partial charge on any atom is 0.306 e. The van der Waals surface area contributed by atoms with Crippen LogP contribution < -0.4 is 0 Å². The number of carbonyl (C=O) groups is 3. The van der Waals surface area contributed by atoms with Crippen molar-refractivity contribution in [1.82, 2.24) is 0 Å². The number of hydrogen-bond acceptors (Lipinski definition) is 6. The van der Waals surface area contributed by atoms with Gasteiger partial charge in [-0.1, -0.05) is 298 Å². The summed E-state index contributed by atoms with van der Waals surface area (Å²) in [6.07, 6.45) is 88.7. The Balaban J connectivity index is 4.09. The van der Waals surface area contributed by atoms with E-state index < -0.39 is 6.10 Å². The Morgan fingerprint density at radius 1 is 0.269 bits per heavy atom. The highest BCUT2D eigenvalue weighted by atomic mass is 16.6. The molecule has 0 saturated heterocycles. The molecule has 0 spiro atoms. The lowest BCUT2D eigenvalue weighted by molar-refractivity contribution is -0.167. The lowest BCUT2D eigenvalue weighted by Gasteiger charge is -2.18. The molecule has 0 aromatic rings. The summed E-state index contributed by atoms with van der Waals surface area (Å²) in [6, 6.07) is 0. The van der Waals surface area contributed by atoms with Gasteiger partial charge in [-0.3, -0.25) is 14.4 Å². The Morgan fingerprint density at radius 2 is 0.500 bits per heavy atom. The molecule has 0 amide bonds. The highest BCUT2D eigenvalue weighted by Crippen LogP contribution is 2.17. The molecule has 0 radical (unpaired) electrons. The molecule has 0 N–H and O–H groups in total. The molecule has 0 aliphatic rings. The third-order valence-electron chi connectivity index (χ3n) is 14.3. The predicted molar refractivity (Wildman–Crippen MR) is 339 cm³/mol. The average molecular weight is 1090 g/mol. The van der Waals surface area contributed by atoms with Gasteiger partial charge >= 0.3 is 17.9 Å². The summed E-state index contributed by atoms with van der Waals surface area (Å²) in [5.41, 5.74) is 0. The van der Waals surface area contributed by atoms with Crippen molar-refractivity contribution in [1.29, 1.82) is 0 Å². The Kier molecular flexibility index (Phi) is 62.7. The van der Waals surface area contributed by atoms with Gasteiger partial charge in [0.05, 0.1) is 0 Å². The van der Waals surface area contributed by atoms with Crippen LogP contribution in [0.25, 0.3) is 0 Å². The highest BCUT2D eigenvalue weighted by molar-refractivity contribution is 5.71. The summed E-state index contributed by atoms with van der Waals surface area (Å²) >= 11 is 0. The summed E-state index contributed by atoms with van der Waals surface area (Å²) in [4.78, 5) is 38.1. The zero-order valence-electron chi connectivity index (χ0n) is 51.4. The third kappa shape index (κ3) is 63.2. The second kappa shape index (κ2) is 65.8. The standard InChI is InChI=1S/C72H124O6/c1-4-7-10-13-16-19-21-23-25-27-29-30-31-32-33-34-35-36-37-38-39-40-41-42-44-45-47-49-51-53-56-59-62-65-71(74)77-68-69(67-76-70(73)64-61-58-55-18-15-12-9-6-3)78-72(75)66-63-60-57-54-52-50-48-46-43-28-26-24-22-20-17-14-11-8-5-2/h7,10,16-17,19-20,23-26,29-30,32-33,43,46,69H,4-6,8-9,11-15,18,21-22,27-28,31,34-42,44-45,47-68H2,1-3H3/b10-7-,19-16-,20-17-,25-23-,26-24-,30-29-,33-32-,46-43-. The van der Waals surface area contributed by atoms with E-state index in [4.69, 9.17) is 14.2 Å². The van der Waals surface area contributed by atoms with Crippen LogP contribution in [0.5, 0.6) is 0 Å². The number of allylic oxidation sites excluding steroid dienone is 16. The average Bonchev–Trinajstić information content (AvgIpc) is 3.44. The largest absolute Gasteiger partial charge is 0.462 e. The van der Waals surface area contributed by atoms with Gasteiger partial charge in [0.25, 0.3) is 0 Å². The van der Waals surface area contributed by atoms with Gasteiger partial charge in [0.1, 0.15) is 13.2 Å². The lowest BCUT2D eigenvalue weighted by Crippen LogP contribution is -2.30. The van der Waals surface area contributed by atoms with Gasteiger partial charge in [-0.25, -0.2) is 0 Å². The number of hydrogen-bond donors (Lipinski definition) is 0. The van der Waals surface area contributed by atoms with Gasteiger partial charge in [0.2, 0.25) is 0 Å². The third-order valence-corrected chi connectivity index (χ3v) is 14.3. The smallest absolute Gasteiger partial charge is 0.306 e. The Labute approximate surface area is 483 Å². The molecule has 0 rings (SSSR count). The van der Waals surface area contributed by atoms with Gasteiger partial charge in [-0.05, 0) is 103 Å². The molecule has 1 unspecified atom stereocenters. The van der Waals surface area contributed by atoms with E-state index in [9.17, 15) is 14.4 Å². The fourth-order valence-electron chi connectivity index (χ4n) is 9.36. The minimum atomic E-state index is -0.781. The second-order valence-electron chi connectivity index (χ2n) is 22.0. The van der Waals surface area contributed by atoms with E-state index in [-0.39, 0.29) is 31.1 Å². The predicted octanol–water partition coefficient (Wildman–Crippen LogP) is 22.8. The summed E-state index contributed by atoms with van der Waals surface area (Å²) < 4.78 is 16.9. The van der Waals surface area contributed by atoms with E-state index in [1.807, 2.05) is 0 Å². The molecule has 6 heteroatoms. The monoisotopic (exact) mass is 1080 g/mol. The van der Waals surface area contributed by atoms with Crippen LogP contribution in [0.15, 0.2) is 97.2 Å². The molecule has 0 saturated carbocycles. The SMILES string of the molecule is CC/C=C\C/C=C\C/C=C\C/C=C\C/C=C\CCCCCCCCCCCCCCCCCCCC(=O)OCC(COC(=O)CCCCCCCCCC)OC(=O)CCCCCCCC/C=C\C/C=C\C/C=C\CCCCC. The molecule has 6 nitrogen and oxygen atoms in total. The Hall–Kier alpha value is -3.67. The number of rotatable bonds is 60. The summed E-state index contributed by atoms with van der Waals surface area (Å²) in [5, 5.41) is 0. The van der Waals surface area contributed by atoms with Crippen LogP contribution in [-0.4, -0.2) is 37.2 Å². The maximum atomic E-state index is 12.9. The van der Waals surface area contributed by atoms with E-state index in [0.717, 1.165) is 116 Å². The Bertz CT molecular complexity index is 1530. The van der Waals surface area contributed by atoms with Crippen LogP contribution in [0.4, 0.5) is 0 Å². The molecule has 448 valence electrons. The van der Waals surface area contributed by atoms with Gasteiger partial charge in [-0.15, -0.1) is 0 Å². The lowest BCUT2D eigenvalue weighted by atomic mass is 10.0. The summed E-state index contributed by atoms with van der Waals surface area (Å²) in [6.45, 7) is 6.48. The van der Waals surface area contributed by atoms with Crippen molar-refractivity contribution in [2.24, 2.45) is 0 Å². The molecule has 0 fully saturated rings. The van der Waals surface area contributed by atoms with E-state index in [1.165, 1.54) is 167 Å². The van der Waals surface area contributed by atoms with Crippen LogP contribution in [0.1, 0.15) is 323 Å². The molecular weight excluding hydrogens is 961 g/mol. The fourth-order valence-corrected chi connectivity index (χ4v) is 9.36. The van der Waals surface area contributed by atoms with E-state index in [0.29, 0.717) is 19.3 Å². The van der Waals surface area contributed by atoms with Gasteiger partial charge in [0.15, 0.2) is 6.10 Å². The number of carbonyl (C=O) groups excluding carboxylic acids is 3. The van der Waals surface area contributed by atoms with Crippen LogP contribution in [0, 0.1) is 0 Å². The first-order valence-corrected chi connectivity index (χ1v) is 33.2.